The zero-order valence-corrected chi connectivity index (χ0v) is 20.1. The third kappa shape index (κ3) is 4.90. The van der Waals surface area contributed by atoms with Gasteiger partial charge >= 0.3 is 6.01 Å². The van der Waals surface area contributed by atoms with Crippen molar-refractivity contribution in [1.82, 2.24) is 19.3 Å². The Kier molecular flexibility index (Phi) is 6.75. The molecule has 2 aromatic carbocycles. The van der Waals surface area contributed by atoms with E-state index < -0.39 is 0 Å². The molecular formula is C28H29N5O2. The lowest BCUT2D eigenvalue weighted by atomic mass is 9.99. The van der Waals surface area contributed by atoms with Crippen LogP contribution in [0.3, 0.4) is 0 Å². The molecule has 0 unspecified atom stereocenters. The topological polar surface area (TPSA) is 56.2 Å². The Balaban J connectivity index is 1.59. The fourth-order valence-corrected chi connectivity index (χ4v) is 4.76. The number of nitrogens with zero attached hydrogens (tertiary/aromatic N) is 5. The smallest absolute Gasteiger partial charge is 0.302 e. The molecule has 0 aliphatic carbocycles. The number of imidazole rings is 1. The molecule has 7 nitrogen and oxygen atoms in total. The molecule has 0 saturated carbocycles. The maximum absolute atomic E-state index is 7.30. The van der Waals surface area contributed by atoms with Gasteiger partial charge in [-0.15, -0.1) is 0 Å². The summed E-state index contributed by atoms with van der Waals surface area (Å²) in [6, 6.07) is 16.4. The van der Waals surface area contributed by atoms with Crippen LogP contribution in [0.1, 0.15) is 18.4 Å². The Morgan fingerprint density at radius 2 is 1.86 bits per heavy atom. The Labute approximate surface area is 205 Å². The van der Waals surface area contributed by atoms with Gasteiger partial charge in [0, 0.05) is 32.0 Å². The molecule has 35 heavy (non-hydrogen) atoms. The van der Waals surface area contributed by atoms with E-state index in [9.17, 15) is 0 Å². The van der Waals surface area contributed by atoms with Crippen LogP contribution in [0.15, 0.2) is 60.9 Å². The summed E-state index contributed by atoms with van der Waals surface area (Å²) in [6.07, 6.45) is 6.04. The summed E-state index contributed by atoms with van der Waals surface area (Å²) in [5, 5.41) is 0. The van der Waals surface area contributed by atoms with Crippen molar-refractivity contribution in [2.24, 2.45) is 5.92 Å². The van der Waals surface area contributed by atoms with Crippen molar-refractivity contribution < 1.29 is 9.47 Å². The number of benzene rings is 2. The van der Waals surface area contributed by atoms with Gasteiger partial charge in [-0.1, -0.05) is 48.5 Å². The van der Waals surface area contributed by atoms with E-state index in [0.29, 0.717) is 30.8 Å². The van der Waals surface area contributed by atoms with Crippen LogP contribution in [0, 0.1) is 12.5 Å². The van der Waals surface area contributed by atoms with Crippen molar-refractivity contribution >= 4 is 11.3 Å². The molecule has 178 valence electrons. The zero-order valence-electron chi connectivity index (χ0n) is 20.1. The monoisotopic (exact) mass is 467 g/mol. The summed E-state index contributed by atoms with van der Waals surface area (Å²) in [4.78, 5) is 15.6. The van der Waals surface area contributed by atoms with E-state index in [-0.39, 0.29) is 0 Å². The van der Waals surface area contributed by atoms with Crippen LogP contribution in [0.4, 0.5) is 5.69 Å². The van der Waals surface area contributed by atoms with E-state index in [0.717, 1.165) is 53.1 Å². The second kappa shape index (κ2) is 10.3. The second-order valence-electron chi connectivity index (χ2n) is 9.11. The van der Waals surface area contributed by atoms with E-state index in [1.54, 1.807) is 13.3 Å². The third-order valence-electron chi connectivity index (χ3n) is 6.51. The lowest BCUT2D eigenvalue weighted by Crippen LogP contribution is -2.35. The Hall–Kier alpha value is -3.73. The van der Waals surface area contributed by atoms with Crippen LogP contribution < -0.4 is 4.74 Å². The minimum Gasteiger partial charge on any atom is -0.464 e. The average molecular weight is 468 g/mol. The molecular weight excluding hydrogens is 438 g/mol. The van der Waals surface area contributed by atoms with Gasteiger partial charge in [-0.3, -0.25) is 4.40 Å². The highest BCUT2D eigenvalue weighted by atomic mass is 16.5. The molecule has 0 amide bonds. The van der Waals surface area contributed by atoms with Crippen molar-refractivity contribution in [1.29, 1.82) is 0 Å². The molecule has 0 spiro atoms. The minimum atomic E-state index is 0.475. The van der Waals surface area contributed by atoms with Gasteiger partial charge in [-0.25, -0.2) is 9.83 Å². The first-order valence-corrected chi connectivity index (χ1v) is 11.9. The number of ether oxygens (including phenoxy) is 2. The van der Waals surface area contributed by atoms with Gasteiger partial charge < -0.3 is 14.4 Å². The molecule has 1 aliphatic heterocycles. The number of aromatic nitrogens is 3. The van der Waals surface area contributed by atoms with Crippen molar-refractivity contribution in [2.75, 3.05) is 33.9 Å². The minimum absolute atomic E-state index is 0.475. The van der Waals surface area contributed by atoms with Gasteiger partial charge in [-0.05, 0) is 43.1 Å². The zero-order chi connectivity index (χ0) is 24.2. The highest BCUT2D eigenvalue weighted by Crippen LogP contribution is 2.37. The lowest BCUT2D eigenvalue weighted by Gasteiger charge is -2.29. The molecule has 1 saturated heterocycles. The van der Waals surface area contributed by atoms with Crippen molar-refractivity contribution in [3.05, 3.63) is 77.9 Å². The summed E-state index contributed by atoms with van der Waals surface area (Å²) in [5.41, 5.74) is 6.14. The fourth-order valence-electron chi connectivity index (χ4n) is 4.76. The van der Waals surface area contributed by atoms with Gasteiger partial charge in [0.2, 0.25) is 0 Å². The van der Waals surface area contributed by atoms with Gasteiger partial charge in [0.1, 0.15) is 0 Å². The molecule has 4 aromatic rings. The fraction of sp³-hybridized carbons (Fsp3) is 0.321. The van der Waals surface area contributed by atoms with Crippen molar-refractivity contribution in [3.63, 3.8) is 0 Å². The van der Waals surface area contributed by atoms with E-state index in [1.807, 2.05) is 34.9 Å². The predicted molar refractivity (Wildman–Crippen MR) is 137 cm³/mol. The molecule has 0 N–H and O–H groups in total. The van der Waals surface area contributed by atoms with Crippen LogP contribution in [0.2, 0.25) is 0 Å². The van der Waals surface area contributed by atoms with E-state index >= 15 is 0 Å². The summed E-state index contributed by atoms with van der Waals surface area (Å²) in [7, 11) is 3.86. The molecule has 5 rings (SSSR count). The Morgan fingerprint density at radius 3 is 2.57 bits per heavy atom. The molecule has 1 fully saturated rings. The van der Waals surface area contributed by atoms with Crippen molar-refractivity contribution in [2.45, 2.75) is 19.4 Å². The van der Waals surface area contributed by atoms with Gasteiger partial charge in [0.05, 0.1) is 31.0 Å². The normalized spacial score (nSPS) is 16.3. The van der Waals surface area contributed by atoms with Crippen LogP contribution in [-0.2, 0) is 11.3 Å². The Bertz CT molecular complexity index is 1340. The molecule has 2 aromatic heterocycles. The van der Waals surface area contributed by atoms with Gasteiger partial charge in [-0.2, -0.15) is 4.98 Å². The predicted octanol–water partition coefficient (Wildman–Crippen LogP) is 5.48. The number of fused-ring (bicyclic) bond motifs is 1. The van der Waals surface area contributed by atoms with Gasteiger partial charge in [0.15, 0.2) is 11.3 Å². The quantitative estimate of drug-likeness (QED) is 0.337. The molecule has 3 heterocycles. The summed E-state index contributed by atoms with van der Waals surface area (Å²) in [6.45, 7) is 10.7. The summed E-state index contributed by atoms with van der Waals surface area (Å²) < 4.78 is 13.5. The summed E-state index contributed by atoms with van der Waals surface area (Å²) in [5.74, 6) is 0.475. The maximum Gasteiger partial charge on any atom is 0.302 e. The Morgan fingerprint density at radius 1 is 1.09 bits per heavy atom. The number of hydrogen-bond acceptors (Lipinski definition) is 5. The van der Waals surface area contributed by atoms with Crippen LogP contribution >= 0.6 is 0 Å². The number of likely N-dealkylation sites (tertiary alicyclic amines) is 1. The highest BCUT2D eigenvalue weighted by Gasteiger charge is 2.22. The first-order chi connectivity index (χ1) is 17.2. The summed E-state index contributed by atoms with van der Waals surface area (Å²) >= 11 is 0. The first kappa shape index (κ1) is 23.0. The van der Waals surface area contributed by atoms with Crippen LogP contribution in [0.5, 0.6) is 6.01 Å². The molecule has 1 aliphatic rings. The SMILES string of the molecule is [C-]#[N+]c1ccc(-c2nc(OC[C@@H]3CCCN(C)C3)n3ccnc3c2-c2ccc(COC)cc2)cc1. The number of piperidine rings is 1. The first-order valence-electron chi connectivity index (χ1n) is 11.9. The van der Waals surface area contributed by atoms with E-state index in [1.165, 1.54) is 6.42 Å². The number of methoxy groups -OCH3 is 1. The molecule has 0 radical (unpaired) electrons. The van der Waals surface area contributed by atoms with E-state index in [2.05, 4.69) is 41.1 Å². The molecule has 7 heteroatoms. The largest absolute Gasteiger partial charge is 0.464 e. The number of rotatable bonds is 7. The van der Waals surface area contributed by atoms with Gasteiger partial charge in [0.25, 0.3) is 0 Å². The number of hydrogen-bond donors (Lipinski definition) is 0. The van der Waals surface area contributed by atoms with Crippen LogP contribution in [-0.4, -0.2) is 53.1 Å². The third-order valence-corrected chi connectivity index (χ3v) is 6.51. The maximum atomic E-state index is 7.30. The second-order valence-corrected chi connectivity index (χ2v) is 9.11. The van der Waals surface area contributed by atoms with Crippen molar-refractivity contribution in [3.8, 4) is 28.4 Å². The van der Waals surface area contributed by atoms with Crippen LogP contribution in [0.25, 0.3) is 32.9 Å². The molecule has 0 bridgehead atoms. The molecule has 1 atom stereocenters. The lowest BCUT2D eigenvalue weighted by molar-refractivity contribution is 0.143. The van der Waals surface area contributed by atoms with E-state index in [4.69, 9.17) is 26.0 Å². The average Bonchev–Trinajstić information content (AvgIpc) is 3.38. The standard InChI is InChI=1S/C28H29N5O2/c1-29-24-12-10-23(11-13-24)26-25(22-8-6-20(7-9-22)18-34-3)27-30-14-16-33(27)28(31-26)35-19-21-5-4-15-32(2)17-21/h6-14,16,21H,4-5,15,17-19H2,2-3H3/t21-/m1/s1. The highest BCUT2D eigenvalue weighted by molar-refractivity contribution is 5.90.